The van der Waals surface area contributed by atoms with E-state index in [1.165, 1.54) is 0 Å². The molecule has 2 aliphatic heterocycles. The number of rotatable bonds is 4. The van der Waals surface area contributed by atoms with Gasteiger partial charge in [0.25, 0.3) is 0 Å². The molecule has 2 rings (SSSR count). The highest BCUT2D eigenvalue weighted by molar-refractivity contribution is 5.83. The number of carbonyl (C=O) groups excluding carboxylic acids is 1. The van der Waals surface area contributed by atoms with Crippen LogP contribution in [-0.2, 0) is 9.59 Å². The van der Waals surface area contributed by atoms with Gasteiger partial charge in [-0.3, -0.25) is 9.59 Å². The number of amides is 1. The molecule has 0 aromatic rings. The third-order valence-corrected chi connectivity index (χ3v) is 4.12. The minimum atomic E-state index is -0.770. The number of nitrogens with zero attached hydrogens (tertiary/aromatic N) is 1. The Kier molecular flexibility index (Phi) is 4.22. The molecule has 0 aliphatic carbocycles. The first-order valence-electron chi connectivity index (χ1n) is 6.84. The lowest BCUT2D eigenvalue weighted by Crippen LogP contribution is -2.58. The molecular weight excluding hydrogens is 232 g/mol. The van der Waals surface area contributed by atoms with E-state index >= 15 is 0 Å². The number of piperidine rings is 1. The summed E-state index contributed by atoms with van der Waals surface area (Å²) >= 11 is 0. The average molecular weight is 254 g/mol. The van der Waals surface area contributed by atoms with Crippen molar-refractivity contribution in [2.45, 2.75) is 38.6 Å². The van der Waals surface area contributed by atoms with Gasteiger partial charge in [-0.1, -0.05) is 13.3 Å². The molecule has 18 heavy (non-hydrogen) atoms. The lowest BCUT2D eigenvalue weighted by atomic mass is 9.88. The predicted molar refractivity (Wildman–Crippen MR) is 67.1 cm³/mol. The molecule has 5 heteroatoms. The van der Waals surface area contributed by atoms with E-state index in [0.717, 1.165) is 25.8 Å². The van der Waals surface area contributed by atoms with Crippen LogP contribution in [0.1, 0.15) is 32.6 Å². The number of likely N-dealkylation sites (tertiary alicyclic amines) is 1. The first-order chi connectivity index (χ1) is 8.60. The Morgan fingerprint density at radius 2 is 2.06 bits per heavy atom. The van der Waals surface area contributed by atoms with Gasteiger partial charge >= 0.3 is 5.97 Å². The highest BCUT2D eigenvalue weighted by Crippen LogP contribution is 2.24. The summed E-state index contributed by atoms with van der Waals surface area (Å²) in [5, 5.41) is 12.0. The van der Waals surface area contributed by atoms with Gasteiger partial charge in [-0.2, -0.15) is 0 Å². The summed E-state index contributed by atoms with van der Waals surface area (Å²) in [4.78, 5) is 24.5. The summed E-state index contributed by atoms with van der Waals surface area (Å²) < 4.78 is 0. The minimum Gasteiger partial charge on any atom is -0.481 e. The molecule has 2 heterocycles. The standard InChI is InChI=1S/C13H22N2O3/c1-2-9-3-4-14-11(5-9)13(18)15-7-10(8-15)6-12(16)17/h9-11,14H,2-8H2,1H3,(H,16,17). The van der Waals surface area contributed by atoms with Gasteiger partial charge in [0.1, 0.15) is 0 Å². The Hall–Kier alpha value is -1.10. The molecule has 1 amide bonds. The third-order valence-electron chi connectivity index (χ3n) is 4.12. The van der Waals surface area contributed by atoms with E-state index < -0.39 is 5.97 Å². The van der Waals surface area contributed by atoms with E-state index in [4.69, 9.17) is 5.11 Å². The summed E-state index contributed by atoms with van der Waals surface area (Å²) in [7, 11) is 0. The lowest BCUT2D eigenvalue weighted by molar-refractivity contribution is -0.146. The molecule has 0 bridgehead atoms. The number of carbonyl (C=O) groups is 2. The second kappa shape index (κ2) is 5.69. The molecular formula is C13H22N2O3. The first-order valence-corrected chi connectivity index (χ1v) is 6.84. The highest BCUT2D eigenvalue weighted by atomic mass is 16.4. The Morgan fingerprint density at radius 1 is 1.33 bits per heavy atom. The number of aliphatic carboxylic acids is 1. The Balaban J connectivity index is 1.77. The summed E-state index contributed by atoms with van der Waals surface area (Å²) in [5.74, 6) is 0.192. The molecule has 0 radical (unpaired) electrons. The Labute approximate surface area is 108 Å². The van der Waals surface area contributed by atoms with Crippen molar-refractivity contribution in [3.05, 3.63) is 0 Å². The maximum absolute atomic E-state index is 12.2. The SMILES string of the molecule is CCC1CCNC(C(=O)N2CC(CC(=O)O)C2)C1. The zero-order chi connectivity index (χ0) is 13.1. The van der Waals surface area contributed by atoms with Gasteiger partial charge < -0.3 is 15.3 Å². The molecule has 0 aromatic carbocycles. The van der Waals surface area contributed by atoms with Crippen LogP contribution in [0.5, 0.6) is 0 Å². The topological polar surface area (TPSA) is 69.6 Å². The number of hydrogen-bond donors (Lipinski definition) is 2. The highest BCUT2D eigenvalue weighted by Gasteiger charge is 2.36. The monoisotopic (exact) mass is 254 g/mol. The fraction of sp³-hybridized carbons (Fsp3) is 0.846. The number of nitrogens with one attached hydrogen (secondary N) is 1. The summed E-state index contributed by atoms with van der Waals surface area (Å²) in [5.41, 5.74) is 0. The van der Waals surface area contributed by atoms with Crippen LogP contribution in [0.15, 0.2) is 0 Å². The Bertz CT molecular complexity index is 326. The van der Waals surface area contributed by atoms with Crippen molar-refractivity contribution in [2.75, 3.05) is 19.6 Å². The van der Waals surface area contributed by atoms with Crippen LogP contribution in [-0.4, -0.2) is 47.6 Å². The molecule has 5 nitrogen and oxygen atoms in total. The van der Waals surface area contributed by atoms with E-state index in [9.17, 15) is 9.59 Å². The largest absolute Gasteiger partial charge is 0.481 e. The Morgan fingerprint density at radius 3 is 2.67 bits per heavy atom. The number of carboxylic acids is 1. The van der Waals surface area contributed by atoms with Crippen molar-refractivity contribution < 1.29 is 14.7 Å². The van der Waals surface area contributed by atoms with Crippen LogP contribution in [0, 0.1) is 11.8 Å². The van der Waals surface area contributed by atoms with Crippen LogP contribution in [0.4, 0.5) is 0 Å². The molecule has 2 fully saturated rings. The van der Waals surface area contributed by atoms with E-state index in [0.29, 0.717) is 19.0 Å². The van der Waals surface area contributed by atoms with Gasteiger partial charge in [-0.05, 0) is 25.3 Å². The van der Waals surface area contributed by atoms with Crippen LogP contribution >= 0.6 is 0 Å². The van der Waals surface area contributed by atoms with E-state index in [2.05, 4.69) is 12.2 Å². The van der Waals surface area contributed by atoms with Gasteiger partial charge in [0.15, 0.2) is 0 Å². The van der Waals surface area contributed by atoms with Gasteiger partial charge in [-0.15, -0.1) is 0 Å². The zero-order valence-electron chi connectivity index (χ0n) is 10.9. The van der Waals surface area contributed by atoms with Crippen molar-refractivity contribution in [3.8, 4) is 0 Å². The van der Waals surface area contributed by atoms with Crippen LogP contribution in [0.2, 0.25) is 0 Å². The van der Waals surface area contributed by atoms with Crippen molar-refractivity contribution in [2.24, 2.45) is 11.8 Å². The molecule has 2 N–H and O–H groups in total. The van der Waals surface area contributed by atoms with E-state index in [1.54, 1.807) is 4.90 Å². The van der Waals surface area contributed by atoms with Crippen LogP contribution < -0.4 is 5.32 Å². The van der Waals surface area contributed by atoms with Gasteiger partial charge in [0, 0.05) is 19.0 Å². The molecule has 2 unspecified atom stereocenters. The third kappa shape index (κ3) is 3.02. The molecule has 0 saturated carbocycles. The number of hydrogen-bond acceptors (Lipinski definition) is 3. The zero-order valence-corrected chi connectivity index (χ0v) is 10.9. The predicted octanol–water partition coefficient (Wildman–Crippen LogP) is 0.698. The minimum absolute atomic E-state index is 0.0468. The quantitative estimate of drug-likeness (QED) is 0.774. The first kappa shape index (κ1) is 13.3. The molecule has 0 spiro atoms. The maximum Gasteiger partial charge on any atom is 0.303 e. The van der Waals surface area contributed by atoms with Gasteiger partial charge in [0.05, 0.1) is 12.5 Å². The van der Waals surface area contributed by atoms with E-state index in [-0.39, 0.29) is 24.3 Å². The lowest BCUT2D eigenvalue weighted by Gasteiger charge is -2.42. The molecule has 0 aromatic heterocycles. The summed E-state index contributed by atoms with van der Waals surface area (Å²) in [6, 6.07) is -0.0468. The molecule has 2 atom stereocenters. The smallest absolute Gasteiger partial charge is 0.303 e. The summed E-state index contributed by atoms with van der Waals surface area (Å²) in [6.45, 7) is 4.31. The van der Waals surface area contributed by atoms with Crippen molar-refractivity contribution in [1.82, 2.24) is 10.2 Å². The van der Waals surface area contributed by atoms with E-state index in [1.807, 2.05) is 0 Å². The van der Waals surface area contributed by atoms with Crippen molar-refractivity contribution >= 4 is 11.9 Å². The van der Waals surface area contributed by atoms with Gasteiger partial charge in [0.2, 0.25) is 5.91 Å². The number of carboxylic acid groups (broad SMARTS) is 1. The van der Waals surface area contributed by atoms with Crippen molar-refractivity contribution in [1.29, 1.82) is 0 Å². The molecule has 102 valence electrons. The summed E-state index contributed by atoms with van der Waals surface area (Å²) in [6.07, 6.45) is 3.39. The van der Waals surface area contributed by atoms with Crippen LogP contribution in [0.3, 0.4) is 0 Å². The second-order valence-electron chi connectivity index (χ2n) is 5.51. The van der Waals surface area contributed by atoms with Crippen LogP contribution in [0.25, 0.3) is 0 Å². The normalized spacial score (nSPS) is 28.8. The average Bonchev–Trinajstić information content (AvgIpc) is 2.32. The van der Waals surface area contributed by atoms with Gasteiger partial charge in [-0.25, -0.2) is 0 Å². The maximum atomic E-state index is 12.2. The fourth-order valence-corrected chi connectivity index (χ4v) is 2.90. The second-order valence-corrected chi connectivity index (χ2v) is 5.51. The molecule has 2 aliphatic rings. The van der Waals surface area contributed by atoms with Crippen molar-refractivity contribution in [3.63, 3.8) is 0 Å². The molecule has 2 saturated heterocycles. The fourth-order valence-electron chi connectivity index (χ4n) is 2.90.